The van der Waals surface area contributed by atoms with Crippen LogP contribution in [0.3, 0.4) is 0 Å². The molecule has 1 amide bonds. The number of ether oxygens (including phenoxy) is 1. The van der Waals surface area contributed by atoms with Gasteiger partial charge in [-0.05, 0) is 31.2 Å². The molecule has 0 aliphatic heterocycles. The Labute approximate surface area is 136 Å². The van der Waals surface area contributed by atoms with Gasteiger partial charge in [0.1, 0.15) is 0 Å². The largest absolute Gasteiger partial charge is 0.504 e. The van der Waals surface area contributed by atoms with Crippen LogP contribution in [-0.4, -0.2) is 28.8 Å². The van der Waals surface area contributed by atoms with E-state index < -0.39 is 0 Å². The summed E-state index contributed by atoms with van der Waals surface area (Å²) in [6, 6.07) is 6.48. The first kappa shape index (κ1) is 16.0. The molecule has 1 heterocycles. The quantitative estimate of drug-likeness (QED) is 0.631. The minimum atomic E-state index is -0.363. The molecule has 0 saturated heterocycles. The van der Waals surface area contributed by atoms with E-state index in [-0.39, 0.29) is 11.7 Å². The standard InChI is InChI=1S/C15H14BrN3O3/c1-2-22-13-8-12(16)7-11(14(13)20)9-18-19-15(21)10-3-5-17-6-4-10/h3-9,20H,2H2,1H3,(H,19,21). The van der Waals surface area contributed by atoms with Crippen molar-refractivity contribution < 1.29 is 14.6 Å². The lowest BCUT2D eigenvalue weighted by atomic mass is 10.2. The van der Waals surface area contributed by atoms with Crippen LogP contribution in [0.2, 0.25) is 0 Å². The lowest BCUT2D eigenvalue weighted by Crippen LogP contribution is -2.17. The second-order valence-corrected chi connectivity index (χ2v) is 5.13. The van der Waals surface area contributed by atoms with Crippen molar-refractivity contribution in [3.8, 4) is 11.5 Å². The third-order valence-corrected chi connectivity index (χ3v) is 3.14. The third-order valence-electron chi connectivity index (χ3n) is 2.68. The molecule has 2 aromatic rings. The maximum Gasteiger partial charge on any atom is 0.271 e. The highest BCUT2D eigenvalue weighted by molar-refractivity contribution is 9.10. The van der Waals surface area contributed by atoms with E-state index in [1.807, 2.05) is 6.92 Å². The number of halogens is 1. The van der Waals surface area contributed by atoms with E-state index in [2.05, 4.69) is 31.4 Å². The first-order valence-electron chi connectivity index (χ1n) is 6.50. The number of amides is 1. The normalized spacial score (nSPS) is 10.6. The molecule has 0 aliphatic rings. The molecule has 114 valence electrons. The second-order valence-electron chi connectivity index (χ2n) is 4.21. The van der Waals surface area contributed by atoms with E-state index in [0.717, 1.165) is 4.47 Å². The molecule has 2 N–H and O–H groups in total. The van der Waals surface area contributed by atoms with Crippen LogP contribution in [0.15, 0.2) is 46.2 Å². The molecular weight excluding hydrogens is 350 g/mol. The van der Waals surface area contributed by atoms with Crippen molar-refractivity contribution in [1.82, 2.24) is 10.4 Å². The monoisotopic (exact) mass is 363 g/mol. The number of carbonyl (C=O) groups excluding carboxylic acids is 1. The fourth-order valence-electron chi connectivity index (χ4n) is 1.69. The van der Waals surface area contributed by atoms with Crippen LogP contribution in [0.4, 0.5) is 0 Å². The first-order chi connectivity index (χ1) is 10.6. The number of benzene rings is 1. The number of rotatable bonds is 5. The van der Waals surface area contributed by atoms with Crippen LogP contribution in [0.1, 0.15) is 22.8 Å². The van der Waals surface area contributed by atoms with Crippen LogP contribution < -0.4 is 10.2 Å². The molecule has 0 aliphatic carbocycles. The molecule has 0 unspecified atom stereocenters. The highest BCUT2D eigenvalue weighted by Crippen LogP contribution is 2.32. The van der Waals surface area contributed by atoms with Gasteiger partial charge in [-0.1, -0.05) is 15.9 Å². The van der Waals surface area contributed by atoms with Crippen LogP contribution >= 0.6 is 15.9 Å². The van der Waals surface area contributed by atoms with Gasteiger partial charge in [-0.15, -0.1) is 0 Å². The van der Waals surface area contributed by atoms with E-state index in [4.69, 9.17) is 4.74 Å². The Morgan fingerprint density at radius 2 is 2.18 bits per heavy atom. The summed E-state index contributed by atoms with van der Waals surface area (Å²) in [7, 11) is 0. The smallest absolute Gasteiger partial charge is 0.271 e. The summed E-state index contributed by atoms with van der Waals surface area (Å²) in [4.78, 5) is 15.6. The molecule has 22 heavy (non-hydrogen) atoms. The topological polar surface area (TPSA) is 83.8 Å². The Kier molecular flexibility index (Phi) is 5.48. The molecule has 0 atom stereocenters. The number of phenols is 1. The molecule has 1 aromatic heterocycles. The van der Waals surface area contributed by atoms with Gasteiger partial charge < -0.3 is 9.84 Å². The Morgan fingerprint density at radius 1 is 1.45 bits per heavy atom. The van der Waals surface area contributed by atoms with Crippen molar-refractivity contribution in [3.05, 3.63) is 52.3 Å². The maximum absolute atomic E-state index is 11.8. The average molecular weight is 364 g/mol. The summed E-state index contributed by atoms with van der Waals surface area (Å²) >= 11 is 3.33. The zero-order chi connectivity index (χ0) is 15.9. The Bertz CT molecular complexity index is 690. The van der Waals surface area contributed by atoms with Gasteiger partial charge in [-0.25, -0.2) is 5.43 Å². The molecule has 1 aromatic carbocycles. The predicted molar refractivity (Wildman–Crippen MR) is 86.3 cm³/mol. The Morgan fingerprint density at radius 3 is 2.86 bits per heavy atom. The number of nitrogens with zero attached hydrogens (tertiary/aromatic N) is 2. The van der Waals surface area contributed by atoms with Gasteiger partial charge >= 0.3 is 0 Å². The number of hydrazone groups is 1. The zero-order valence-corrected chi connectivity index (χ0v) is 13.4. The summed E-state index contributed by atoms with van der Waals surface area (Å²) in [6.07, 6.45) is 4.39. The van der Waals surface area contributed by atoms with Gasteiger partial charge in [0, 0.05) is 28.0 Å². The highest BCUT2D eigenvalue weighted by Gasteiger charge is 2.09. The molecule has 0 radical (unpaired) electrons. The summed E-state index contributed by atoms with van der Waals surface area (Å²) in [5, 5.41) is 13.9. The molecule has 0 saturated carbocycles. The van der Waals surface area contributed by atoms with Crippen LogP contribution in [0.5, 0.6) is 11.5 Å². The SMILES string of the molecule is CCOc1cc(Br)cc(C=NNC(=O)c2ccncc2)c1O. The number of hydrogen-bond acceptors (Lipinski definition) is 5. The van der Waals surface area contributed by atoms with Gasteiger partial charge in [-0.3, -0.25) is 9.78 Å². The second kappa shape index (κ2) is 7.56. The average Bonchev–Trinajstić information content (AvgIpc) is 2.52. The summed E-state index contributed by atoms with van der Waals surface area (Å²) in [6.45, 7) is 2.25. The fourth-order valence-corrected chi connectivity index (χ4v) is 2.14. The third kappa shape index (κ3) is 4.05. The summed E-state index contributed by atoms with van der Waals surface area (Å²) in [5.41, 5.74) is 3.25. The number of aromatic nitrogens is 1. The van der Waals surface area contributed by atoms with E-state index in [1.54, 1.807) is 24.3 Å². The van der Waals surface area contributed by atoms with E-state index in [0.29, 0.717) is 23.5 Å². The van der Waals surface area contributed by atoms with Gasteiger partial charge in [0.25, 0.3) is 5.91 Å². The van der Waals surface area contributed by atoms with E-state index in [1.165, 1.54) is 18.6 Å². The van der Waals surface area contributed by atoms with Crippen molar-refractivity contribution in [3.63, 3.8) is 0 Å². The van der Waals surface area contributed by atoms with Crippen molar-refractivity contribution in [2.75, 3.05) is 6.61 Å². The minimum absolute atomic E-state index is 0.0352. The lowest BCUT2D eigenvalue weighted by molar-refractivity contribution is 0.0955. The minimum Gasteiger partial charge on any atom is -0.504 e. The molecule has 0 spiro atoms. The number of hydrogen-bond donors (Lipinski definition) is 2. The van der Waals surface area contributed by atoms with Gasteiger partial charge in [0.05, 0.1) is 12.8 Å². The Hall–Kier alpha value is -2.41. The number of aromatic hydroxyl groups is 1. The van der Waals surface area contributed by atoms with E-state index in [9.17, 15) is 9.90 Å². The maximum atomic E-state index is 11.8. The highest BCUT2D eigenvalue weighted by atomic mass is 79.9. The number of carbonyl (C=O) groups is 1. The van der Waals surface area contributed by atoms with Crippen molar-refractivity contribution in [1.29, 1.82) is 0 Å². The van der Waals surface area contributed by atoms with Crippen LogP contribution in [-0.2, 0) is 0 Å². The molecular formula is C15H14BrN3O3. The van der Waals surface area contributed by atoms with E-state index >= 15 is 0 Å². The molecule has 0 bridgehead atoms. The fraction of sp³-hybridized carbons (Fsp3) is 0.133. The number of pyridine rings is 1. The molecule has 0 fully saturated rings. The van der Waals surface area contributed by atoms with Crippen molar-refractivity contribution in [2.45, 2.75) is 6.92 Å². The lowest BCUT2D eigenvalue weighted by Gasteiger charge is -2.08. The number of phenolic OH excluding ortho intramolecular Hbond substituents is 1. The van der Waals surface area contributed by atoms with Crippen LogP contribution in [0, 0.1) is 0 Å². The van der Waals surface area contributed by atoms with Crippen LogP contribution in [0.25, 0.3) is 0 Å². The molecule has 7 heteroatoms. The van der Waals surface area contributed by atoms with Crippen molar-refractivity contribution >= 4 is 28.1 Å². The first-order valence-corrected chi connectivity index (χ1v) is 7.30. The summed E-state index contributed by atoms with van der Waals surface area (Å²) < 4.78 is 6.05. The molecule has 6 nitrogen and oxygen atoms in total. The summed E-state index contributed by atoms with van der Waals surface area (Å²) in [5.74, 6) is -0.0519. The van der Waals surface area contributed by atoms with Gasteiger partial charge in [0.2, 0.25) is 0 Å². The zero-order valence-electron chi connectivity index (χ0n) is 11.8. The van der Waals surface area contributed by atoms with Crippen molar-refractivity contribution in [2.24, 2.45) is 5.10 Å². The van der Waals surface area contributed by atoms with Gasteiger partial charge in [0.15, 0.2) is 11.5 Å². The Balaban J connectivity index is 2.12. The predicted octanol–water partition coefficient (Wildman–Crippen LogP) is 2.71. The number of nitrogens with one attached hydrogen (secondary N) is 1. The molecule has 2 rings (SSSR count). The van der Waals surface area contributed by atoms with Gasteiger partial charge in [-0.2, -0.15) is 5.10 Å².